The van der Waals surface area contributed by atoms with Crippen molar-refractivity contribution in [2.45, 2.75) is 13.8 Å². The third-order valence-electron chi connectivity index (χ3n) is 2.66. The zero-order valence-corrected chi connectivity index (χ0v) is 11.2. The number of halogens is 1. The molecule has 0 fully saturated rings. The van der Waals surface area contributed by atoms with E-state index in [1.54, 1.807) is 23.9 Å². The molecule has 0 saturated heterocycles. The Morgan fingerprint density at radius 3 is 2.61 bits per heavy atom. The van der Waals surface area contributed by atoms with Crippen LogP contribution in [-0.2, 0) is 7.05 Å². The molecule has 0 radical (unpaired) electrons. The highest BCUT2D eigenvalue weighted by Crippen LogP contribution is 2.20. The Hall–Kier alpha value is -1.81. The molecule has 4 nitrogen and oxygen atoms in total. The Morgan fingerprint density at radius 2 is 2.06 bits per heavy atom. The minimum atomic E-state index is -0.196. The summed E-state index contributed by atoms with van der Waals surface area (Å²) in [5.74, 6) is -0.196. The van der Waals surface area contributed by atoms with Crippen molar-refractivity contribution in [2.24, 2.45) is 7.05 Å². The van der Waals surface area contributed by atoms with Crippen molar-refractivity contribution in [1.29, 1.82) is 0 Å². The van der Waals surface area contributed by atoms with Gasteiger partial charge in [-0.15, -0.1) is 0 Å². The molecule has 1 amide bonds. The molecule has 1 N–H and O–H groups in total. The molecule has 18 heavy (non-hydrogen) atoms. The molecule has 1 aromatic carbocycles. The van der Waals surface area contributed by atoms with E-state index < -0.39 is 0 Å². The summed E-state index contributed by atoms with van der Waals surface area (Å²) in [5.41, 5.74) is 2.98. The van der Waals surface area contributed by atoms with E-state index in [1.807, 2.05) is 26.0 Å². The fourth-order valence-corrected chi connectivity index (χ4v) is 1.87. The minimum absolute atomic E-state index is 0.196. The van der Waals surface area contributed by atoms with Crippen molar-refractivity contribution in [3.8, 4) is 0 Å². The summed E-state index contributed by atoms with van der Waals surface area (Å²) in [7, 11) is 1.74. The normalized spacial score (nSPS) is 10.4. The van der Waals surface area contributed by atoms with Gasteiger partial charge < -0.3 is 5.32 Å². The van der Waals surface area contributed by atoms with Gasteiger partial charge in [-0.2, -0.15) is 5.10 Å². The first-order valence-corrected chi connectivity index (χ1v) is 5.93. The summed E-state index contributed by atoms with van der Waals surface area (Å²) in [6.07, 6.45) is 0. The zero-order valence-electron chi connectivity index (χ0n) is 10.5. The van der Waals surface area contributed by atoms with Gasteiger partial charge in [0.1, 0.15) is 5.69 Å². The van der Waals surface area contributed by atoms with E-state index >= 15 is 0 Å². The minimum Gasteiger partial charge on any atom is -0.321 e. The summed E-state index contributed by atoms with van der Waals surface area (Å²) in [4.78, 5) is 12.0. The van der Waals surface area contributed by atoms with Crippen LogP contribution in [-0.4, -0.2) is 15.7 Å². The molecular weight excluding hydrogens is 250 g/mol. The van der Waals surface area contributed by atoms with E-state index in [2.05, 4.69) is 10.4 Å². The topological polar surface area (TPSA) is 46.9 Å². The van der Waals surface area contributed by atoms with Gasteiger partial charge in [-0.3, -0.25) is 9.48 Å². The Balaban J connectivity index is 2.21. The number of aryl methyl sites for hydroxylation is 3. The Morgan fingerprint density at radius 1 is 1.33 bits per heavy atom. The largest absolute Gasteiger partial charge is 0.321 e. The second kappa shape index (κ2) is 4.82. The van der Waals surface area contributed by atoms with Crippen LogP contribution < -0.4 is 5.32 Å². The molecule has 1 heterocycles. The van der Waals surface area contributed by atoms with Crippen LogP contribution in [0.15, 0.2) is 24.3 Å². The van der Waals surface area contributed by atoms with E-state index in [9.17, 15) is 4.79 Å². The van der Waals surface area contributed by atoms with Crippen LogP contribution in [0.3, 0.4) is 0 Å². The smallest absolute Gasteiger partial charge is 0.273 e. The lowest BCUT2D eigenvalue weighted by molar-refractivity contribution is 0.101. The van der Waals surface area contributed by atoms with Crippen molar-refractivity contribution in [3.63, 3.8) is 0 Å². The predicted octanol–water partition coefficient (Wildman–Crippen LogP) is 2.94. The number of hydrogen-bond acceptors (Lipinski definition) is 2. The highest BCUT2D eigenvalue weighted by atomic mass is 35.5. The highest BCUT2D eigenvalue weighted by Gasteiger charge is 2.12. The number of nitrogens with one attached hydrogen (secondary N) is 1. The lowest BCUT2D eigenvalue weighted by Gasteiger charge is -2.06. The van der Waals surface area contributed by atoms with Gasteiger partial charge in [0.05, 0.1) is 5.69 Å². The van der Waals surface area contributed by atoms with E-state index in [4.69, 9.17) is 11.6 Å². The van der Waals surface area contributed by atoms with Gasteiger partial charge in [0.25, 0.3) is 5.91 Å². The summed E-state index contributed by atoms with van der Waals surface area (Å²) >= 11 is 6.01. The fraction of sp³-hybridized carbons (Fsp3) is 0.231. The molecule has 94 valence electrons. The molecule has 2 rings (SSSR count). The quantitative estimate of drug-likeness (QED) is 0.906. The zero-order chi connectivity index (χ0) is 13.3. The average Bonchev–Trinajstić information content (AvgIpc) is 2.63. The third-order valence-corrected chi connectivity index (χ3v) is 3.07. The van der Waals surface area contributed by atoms with Gasteiger partial charge in [0.15, 0.2) is 0 Å². The SMILES string of the molecule is Cc1cc(C(=O)Nc2ccc(C)c(Cl)c2)n(C)n1. The van der Waals surface area contributed by atoms with Crippen molar-refractivity contribution in [1.82, 2.24) is 9.78 Å². The van der Waals surface area contributed by atoms with E-state index in [0.717, 1.165) is 11.3 Å². The molecule has 0 spiro atoms. The van der Waals surface area contributed by atoms with Crippen molar-refractivity contribution in [3.05, 3.63) is 46.2 Å². The van der Waals surface area contributed by atoms with Crippen LogP contribution in [0.5, 0.6) is 0 Å². The van der Waals surface area contributed by atoms with Crippen LogP contribution in [0.4, 0.5) is 5.69 Å². The van der Waals surface area contributed by atoms with Crippen LogP contribution in [0.2, 0.25) is 5.02 Å². The Bertz CT molecular complexity index is 604. The number of hydrogen-bond donors (Lipinski definition) is 1. The van der Waals surface area contributed by atoms with Crippen LogP contribution in [0.1, 0.15) is 21.7 Å². The second-order valence-corrected chi connectivity index (χ2v) is 4.62. The molecule has 1 aromatic heterocycles. The molecule has 0 saturated carbocycles. The highest BCUT2D eigenvalue weighted by molar-refractivity contribution is 6.31. The molecule has 0 aliphatic carbocycles. The number of benzene rings is 1. The lowest BCUT2D eigenvalue weighted by Crippen LogP contribution is -2.16. The number of aromatic nitrogens is 2. The van der Waals surface area contributed by atoms with Gasteiger partial charge in [0.2, 0.25) is 0 Å². The maximum absolute atomic E-state index is 12.0. The Kier molecular flexibility index (Phi) is 3.39. The number of carbonyl (C=O) groups excluding carboxylic acids is 1. The average molecular weight is 264 g/mol. The van der Waals surface area contributed by atoms with E-state index in [-0.39, 0.29) is 5.91 Å². The number of rotatable bonds is 2. The first-order chi connectivity index (χ1) is 8.47. The molecule has 0 atom stereocenters. The third kappa shape index (κ3) is 2.54. The summed E-state index contributed by atoms with van der Waals surface area (Å²) < 4.78 is 1.56. The van der Waals surface area contributed by atoms with Crippen molar-refractivity contribution in [2.75, 3.05) is 5.32 Å². The maximum atomic E-state index is 12.0. The number of nitrogens with zero attached hydrogens (tertiary/aromatic N) is 2. The summed E-state index contributed by atoms with van der Waals surface area (Å²) in [5, 5.41) is 7.56. The van der Waals surface area contributed by atoms with Crippen LogP contribution in [0.25, 0.3) is 0 Å². The van der Waals surface area contributed by atoms with E-state index in [1.165, 1.54) is 0 Å². The Labute approximate surface area is 111 Å². The number of anilines is 1. The molecule has 0 aliphatic heterocycles. The summed E-state index contributed by atoms with van der Waals surface area (Å²) in [6.45, 7) is 3.76. The predicted molar refractivity (Wildman–Crippen MR) is 72.1 cm³/mol. The molecule has 5 heteroatoms. The molecule has 0 bridgehead atoms. The first-order valence-electron chi connectivity index (χ1n) is 5.55. The monoisotopic (exact) mass is 263 g/mol. The first kappa shape index (κ1) is 12.6. The van der Waals surface area contributed by atoms with Gasteiger partial charge in [-0.1, -0.05) is 17.7 Å². The molecule has 0 aliphatic rings. The van der Waals surface area contributed by atoms with Gasteiger partial charge in [0, 0.05) is 17.8 Å². The molecule has 2 aromatic rings. The van der Waals surface area contributed by atoms with Gasteiger partial charge in [-0.05, 0) is 37.6 Å². The fourth-order valence-electron chi connectivity index (χ4n) is 1.69. The van der Waals surface area contributed by atoms with Crippen LogP contribution in [0, 0.1) is 13.8 Å². The molecular formula is C13H14ClN3O. The van der Waals surface area contributed by atoms with Crippen molar-refractivity contribution >= 4 is 23.2 Å². The van der Waals surface area contributed by atoms with Gasteiger partial charge >= 0.3 is 0 Å². The van der Waals surface area contributed by atoms with Crippen molar-refractivity contribution < 1.29 is 4.79 Å². The number of amides is 1. The number of carbonyl (C=O) groups is 1. The standard InChI is InChI=1S/C13H14ClN3O/c1-8-4-5-10(7-11(8)14)15-13(18)12-6-9(2)16-17(12)3/h4-7H,1-3H3,(H,15,18). The molecule has 0 unspecified atom stereocenters. The lowest BCUT2D eigenvalue weighted by atomic mass is 10.2. The second-order valence-electron chi connectivity index (χ2n) is 4.21. The van der Waals surface area contributed by atoms with E-state index in [0.29, 0.717) is 16.4 Å². The summed E-state index contributed by atoms with van der Waals surface area (Å²) in [6, 6.07) is 7.16. The maximum Gasteiger partial charge on any atom is 0.273 e. The van der Waals surface area contributed by atoms with Gasteiger partial charge in [-0.25, -0.2) is 0 Å². The van der Waals surface area contributed by atoms with Crippen LogP contribution >= 0.6 is 11.6 Å².